The smallest absolute Gasteiger partial charge is 0.271 e. The number of rotatable bonds is 1. The standard InChI is InChI=1S/C14H8N4O3/c19-18(20)8-5-6-9-11(7-8)16-13-14(17-9)21-12-4-2-1-3-10(12)15-13/h1-7H,(H,15,16). The van der Waals surface area contributed by atoms with Crippen LogP contribution in [0.1, 0.15) is 0 Å². The minimum absolute atomic E-state index is 0.0196. The maximum absolute atomic E-state index is 10.8. The van der Waals surface area contributed by atoms with Crippen LogP contribution in [0.25, 0.3) is 11.0 Å². The molecule has 7 nitrogen and oxygen atoms in total. The molecule has 1 aliphatic heterocycles. The van der Waals surface area contributed by atoms with Crippen molar-refractivity contribution < 1.29 is 9.66 Å². The van der Waals surface area contributed by atoms with E-state index in [1.807, 2.05) is 24.3 Å². The van der Waals surface area contributed by atoms with Gasteiger partial charge in [0.2, 0.25) is 0 Å². The quantitative estimate of drug-likeness (QED) is 0.424. The minimum Gasteiger partial charge on any atom is -0.434 e. The fourth-order valence-electron chi connectivity index (χ4n) is 2.18. The number of aromatic nitrogens is 2. The number of benzene rings is 2. The number of nitrogens with zero attached hydrogens (tertiary/aromatic N) is 3. The summed E-state index contributed by atoms with van der Waals surface area (Å²) in [4.78, 5) is 19.1. The lowest BCUT2D eigenvalue weighted by Gasteiger charge is -2.19. The zero-order valence-electron chi connectivity index (χ0n) is 10.6. The lowest BCUT2D eigenvalue weighted by atomic mass is 10.2. The molecular formula is C14H8N4O3. The molecule has 0 saturated heterocycles. The highest BCUT2D eigenvalue weighted by molar-refractivity contribution is 5.82. The highest BCUT2D eigenvalue weighted by Gasteiger charge is 2.20. The molecule has 0 radical (unpaired) electrons. The number of anilines is 2. The molecular weight excluding hydrogens is 272 g/mol. The summed E-state index contributed by atoms with van der Waals surface area (Å²) >= 11 is 0. The molecule has 21 heavy (non-hydrogen) atoms. The van der Waals surface area contributed by atoms with E-state index in [9.17, 15) is 10.1 Å². The summed E-state index contributed by atoms with van der Waals surface area (Å²) in [6, 6.07) is 11.8. The Morgan fingerprint density at radius 2 is 1.95 bits per heavy atom. The first kappa shape index (κ1) is 11.6. The van der Waals surface area contributed by atoms with Crippen molar-refractivity contribution >= 4 is 28.2 Å². The van der Waals surface area contributed by atoms with Gasteiger partial charge in [0.1, 0.15) is 0 Å². The number of nitro benzene ring substituents is 1. The van der Waals surface area contributed by atoms with Gasteiger partial charge in [0.15, 0.2) is 11.6 Å². The lowest BCUT2D eigenvalue weighted by molar-refractivity contribution is -0.384. The van der Waals surface area contributed by atoms with Crippen molar-refractivity contribution in [3.63, 3.8) is 0 Å². The predicted octanol–water partition coefficient (Wildman–Crippen LogP) is 3.39. The highest BCUT2D eigenvalue weighted by atomic mass is 16.6. The van der Waals surface area contributed by atoms with Gasteiger partial charge in [-0.05, 0) is 18.2 Å². The molecule has 0 atom stereocenters. The molecule has 2 heterocycles. The van der Waals surface area contributed by atoms with Crippen LogP contribution in [0.15, 0.2) is 42.5 Å². The van der Waals surface area contributed by atoms with E-state index in [-0.39, 0.29) is 5.69 Å². The molecule has 0 unspecified atom stereocenters. The summed E-state index contributed by atoms with van der Waals surface area (Å²) in [6.45, 7) is 0. The Balaban J connectivity index is 1.87. The second-order valence-corrected chi connectivity index (χ2v) is 4.53. The predicted molar refractivity (Wildman–Crippen MR) is 76.0 cm³/mol. The molecule has 2 aromatic carbocycles. The normalized spacial score (nSPS) is 12.0. The Morgan fingerprint density at radius 3 is 2.81 bits per heavy atom. The van der Waals surface area contributed by atoms with Crippen LogP contribution in [0, 0.1) is 10.1 Å². The van der Waals surface area contributed by atoms with E-state index in [2.05, 4.69) is 15.3 Å². The molecule has 0 amide bonds. The summed E-state index contributed by atoms with van der Waals surface area (Å²) in [5.74, 6) is 1.47. The number of hydrogen-bond acceptors (Lipinski definition) is 6. The molecule has 0 saturated carbocycles. The first-order chi connectivity index (χ1) is 10.2. The summed E-state index contributed by atoms with van der Waals surface area (Å²) in [5.41, 5.74) is 1.75. The van der Waals surface area contributed by atoms with Crippen molar-refractivity contribution in [2.24, 2.45) is 0 Å². The summed E-state index contributed by atoms with van der Waals surface area (Å²) < 4.78 is 5.69. The molecule has 0 fully saturated rings. The lowest BCUT2D eigenvalue weighted by Crippen LogP contribution is -2.06. The largest absolute Gasteiger partial charge is 0.434 e. The van der Waals surface area contributed by atoms with E-state index < -0.39 is 4.92 Å². The van der Waals surface area contributed by atoms with Crippen LogP contribution >= 0.6 is 0 Å². The molecule has 102 valence electrons. The number of hydrogen-bond donors (Lipinski definition) is 1. The SMILES string of the molecule is O=[N+]([O-])c1ccc2nc3c(nc2c1)Nc1ccccc1O3. The molecule has 7 heteroatoms. The number of nitro groups is 1. The Bertz CT molecular complexity index is 895. The number of nitrogens with one attached hydrogen (secondary N) is 1. The molecule has 0 aliphatic carbocycles. The van der Waals surface area contributed by atoms with E-state index in [1.165, 1.54) is 12.1 Å². The zero-order valence-corrected chi connectivity index (χ0v) is 10.6. The molecule has 3 aromatic rings. The first-order valence-corrected chi connectivity index (χ1v) is 6.21. The van der Waals surface area contributed by atoms with Gasteiger partial charge in [-0.15, -0.1) is 0 Å². The Morgan fingerprint density at radius 1 is 1.10 bits per heavy atom. The van der Waals surface area contributed by atoms with E-state index in [0.717, 1.165) is 5.69 Å². The third-order valence-corrected chi connectivity index (χ3v) is 3.17. The van der Waals surface area contributed by atoms with Gasteiger partial charge in [-0.1, -0.05) is 12.1 Å². The molecule has 4 rings (SSSR count). The molecule has 1 aromatic heterocycles. The van der Waals surface area contributed by atoms with Crippen molar-refractivity contribution in [2.75, 3.05) is 5.32 Å². The van der Waals surface area contributed by atoms with Crippen molar-refractivity contribution in [1.29, 1.82) is 0 Å². The van der Waals surface area contributed by atoms with Crippen molar-refractivity contribution in [3.8, 4) is 11.6 Å². The van der Waals surface area contributed by atoms with Crippen LogP contribution < -0.4 is 10.1 Å². The van der Waals surface area contributed by atoms with Crippen molar-refractivity contribution in [3.05, 3.63) is 52.6 Å². The molecule has 1 aliphatic rings. The Kier molecular flexibility index (Phi) is 2.28. The highest BCUT2D eigenvalue weighted by Crippen LogP contribution is 2.40. The molecule has 0 spiro atoms. The number of para-hydroxylation sites is 2. The average molecular weight is 280 g/mol. The van der Waals surface area contributed by atoms with Crippen molar-refractivity contribution in [2.45, 2.75) is 0 Å². The van der Waals surface area contributed by atoms with Gasteiger partial charge in [-0.3, -0.25) is 10.1 Å². The van der Waals surface area contributed by atoms with Crippen molar-refractivity contribution in [1.82, 2.24) is 9.97 Å². The van der Waals surface area contributed by atoms with Crippen LogP contribution in [0.5, 0.6) is 11.6 Å². The van der Waals surface area contributed by atoms with Gasteiger partial charge in [0.05, 0.1) is 21.6 Å². The fraction of sp³-hybridized carbons (Fsp3) is 0. The van der Waals surface area contributed by atoms with Gasteiger partial charge in [0, 0.05) is 12.1 Å². The minimum atomic E-state index is -0.459. The second-order valence-electron chi connectivity index (χ2n) is 4.53. The van der Waals surface area contributed by atoms with Gasteiger partial charge in [-0.2, -0.15) is 0 Å². The third-order valence-electron chi connectivity index (χ3n) is 3.17. The van der Waals surface area contributed by atoms with Gasteiger partial charge in [-0.25, -0.2) is 9.97 Å². The van der Waals surface area contributed by atoms with Gasteiger partial charge < -0.3 is 10.1 Å². The topological polar surface area (TPSA) is 90.2 Å². The van der Waals surface area contributed by atoms with Crippen LogP contribution in [0.4, 0.5) is 17.2 Å². The Hall–Kier alpha value is -3.22. The molecule has 0 bridgehead atoms. The molecule has 1 N–H and O–H groups in total. The average Bonchev–Trinajstić information content (AvgIpc) is 2.50. The van der Waals surface area contributed by atoms with E-state index in [1.54, 1.807) is 6.07 Å². The van der Waals surface area contributed by atoms with Crippen LogP contribution in [0.2, 0.25) is 0 Å². The fourth-order valence-corrected chi connectivity index (χ4v) is 2.18. The maximum Gasteiger partial charge on any atom is 0.271 e. The zero-order chi connectivity index (χ0) is 14.4. The van der Waals surface area contributed by atoms with Gasteiger partial charge >= 0.3 is 0 Å². The number of non-ortho nitro benzene ring substituents is 1. The first-order valence-electron chi connectivity index (χ1n) is 6.21. The summed E-state index contributed by atoms with van der Waals surface area (Å²) in [7, 11) is 0. The number of ether oxygens (including phenoxy) is 1. The van der Waals surface area contributed by atoms with E-state index >= 15 is 0 Å². The van der Waals surface area contributed by atoms with Crippen LogP contribution in [-0.2, 0) is 0 Å². The Labute approximate surface area is 118 Å². The maximum atomic E-state index is 10.8. The van der Waals surface area contributed by atoms with Gasteiger partial charge in [0.25, 0.3) is 11.6 Å². The summed E-state index contributed by atoms with van der Waals surface area (Å²) in [5, 5.41) is 13.9. The second kappa shape index (κ2) is 4.14. The van der Waals surface area contributed by atoms with Crippen LogP contribution in [0.3, 0.4) is 0 Å². The van der Waals surface area contributed by atoms with E-state index in [0.29, 0.717) is 28.5 Å². The number of fused-ring (bicyclic) bond motifs is 3. The monoisotopic (exact) mass is 280 g/mol. The van der Waals surface area contributed by atoms with Crippen LogP contribution in [-0.4, -0.2) is 14.9 Å². The third kappa shape index (κ3) is 1.83. The van der Waals surface area contributed by atoms with E-state index in [4.69, 9.17) is 4.74 Å². The summed E-state index contributed by atoms with van der Waals surface area (Å²) in [6.07, 6.45) is 0.